The molecule has 0 bridgehead atoms. The van der Waals surface area contributed by atoms with Gasteiger partial charge in [-0.25, -0.2) is 4.79 Å². The number of carbonyl (C=O) groups excluding carboxylic acids is 1. The molecule has 2 aromatic rings. The number of carbonyl (C=O) groups is 1. The summed E-state index contributed by atoms with van der Waals surface area (Å²) in [5.41, 5.74) is 1.44. The SMILES string of the molecule is CC(C)C(C)NC(=O)Nc1cccc(-c2nnco2)c1. The number of urea groups is 1. The van der Waals surface area contributed by atoms with E-state index in [9.17, 15) is 4.79 Å². The fourth-order valence-electron chi connectivity index (χ4n) is 1.57. The second-order valence-corrected chi connectivity index (χ2v) is 4.96. The molecule has 0 aliphatic carbocycles. The van der Waals surface area contributed by atoms with E-state index in [1.165, 1.54) is 6.39 Å². The van der Waals surface area contributed by atoms with Gasteiger partial charge in [0.2, 0.25) is 12.3 Å². The van der Waals surface area contributed by atoms with Crippen LogP contribution in [0.15, 0.2) is 35.1 Å². The highest BCUT2D eigenvalue weighted by molar-refractivity contribution is 5.90. The molecule has 0 saturated heterocycles. The summed E-state index contributed by atoms with van der Waals surface area (Å²) >= 11 is 0. The first kappa shape index (κ1) is 14.0. The number of anilines is 1. The summed E-state index contributed by atoms with van der Waals surface area (Å²) < 4.78 is 5.12. The van der Waals surface area contributed by atoms with Crippen molar-refractivity contribution in [2.45, 2.75) is 26.8 Å². The minimum Gasteiger partial charge on any atom is -0.423 e. The van der Waals surface area contributed by atoms with Crippen molar-refractivity contribution in [2.24, 2.45) is 5.92 Å². The van der Waals surface area contributed by atoms with Gasteiger partial charge in [-0.1, -0.05) is 19.9 Å². The Labute approximate surface area is 117 Å². The van der Waals surface area contributed by atoms with Crippen LogP contribution in [0.2, 0.25) is 0 Å². The van der Waals surface area contributed by atoms with Crippen LogP contribution in [-0.2, 0) is 0 Å². The van der Waals surface area contributed by atoms with Crippen molar-refractivity contribution in [1.29, 1.82) is 0 Å². The van der Waals surface area contributed by atoms with Crippen LogP contribution < -0.4 is 10.6 Å². The number of nitrogens with one attached hydrogen (secondary N) is 2. The van der Waals surface area contributed by atoms with Crippen molar-refractivity contribution in [3.05, 3.63) is 30.7 Å². The number of benzene rings is 1. The van der Waals surface area contributed by atoms with E-state index >= 15 is 0 Å². The summed E-state index contributed by atoms with van der Waals surface area (Å²) in [4.78, 5) is 11.9. The molecule has 6 heteroatoms. The van der Waals surface area contributed by atoms with Gasteiger partial charge >= 0.3 is 6.03 Å². The van der Waals surface area contributed by atoms with Gasteiger partial charge in [-0.05, 0) is 31.0 Å². The van der Waals surface area contributed by atoms with E-state index in [1.807, 2.05) is 19.1 Å². The van der Waals surface area contributed by atoms with E-state index < -0.39 is 0 Å². The maximum absolute atomic E-state index is 11.9. The van der Waals surface area contributed by atoms with Crippen LogP contribution in [0.5, 0.6) is 0 Å². The lowest BCUT2D eigenvalue weighted by Crippen LogP contribution is -2.38. The van der Waals surface area contributed by atoms with Crippen LogP contribution in [0.3, 0.4) is 0 Å². The minimum absolute atomic E-state index is 0.106. The molecule has 1 unspecified atom stereocenters. The number of amides is 2. The largest absolute Gasteiger partial charge is 0.423 e. The fourth-order valence-corrected chi connectivity index (χ4v) is 1.57. The first-order valence-electron chi connectivity index (χ1n) is 6.50. The molecule has 6 nitrogen and oxygen atoms in total. The number of hydrogen-bond donors (Lipinski definition) is 2. The Morgan fingerprint density at radius 1 is 1.30 bits per heavy atom. The molecular formula is C14H18N4O2. The average molecular weight is 274 g/mol. The predicted octanol–water partition coefficient (Wildman–Crippen LogP) is 2.90. The van der Waals surface area contributed by atoms with Crippen molar-refractivity contribution >= 4 is 11.7 Å². The summed E-state index contributed by atoms with van der Waals surface area (Å²) in [6.07, 6.45) is 1.27. The van der Waals surface area contributed by atoms with Gasteiger partial charge in [-0.2, -0.15) is 0 Å². The zero-order chi connectivity index (χ0) is 14.5. The Hall–Kier alpha value is -2.37. The van der Waals surface area contributed by atoms with Crippen LogP contribution >= 0.6 is 0 Å². The Morgan fingerprint density at radius 2 is 2.10 bits per heavy atom. The number of hydrogen-bond acceptors (Lipinski definition) is 4. The Bertz CT molecular complexity index is 566. The topological polar surface area (TPSA) is 80.0 Å². The summed E-state index contributed by atoms with van der Waals surface area (Å²) in [6.45, 7) is 6.08. The Kier molecular flexibility index (Phi) is 4.34. The van der Waals surface area contributed by atoms with Gasteiger partial charge in [0.05, 0.1) is 0 Å². The lowest BCUT2D eigenvalue weighted by molar-refractivity contribution is 0.246. The molecule has 0 fully saturated rings. The third-order valence-corrected chi connectivity index (χ3v) is 3.09. The highest BCUT2D eigenvalue weighted by Crippen LogP contribution is 2.20. The summed E-state index contributed by atoms with van der Waals surface area (Å²) in [5, 5.41) is 13.1. The quantitative estimate of drug-likeness (QED) is 0.898. The van der Waals surface area contributed by atoms with E-state index in [0.29, 0.717) is 17.5 Å². The third-order valence-electron chi connectivity index (χ3n) is 3.09. The molecule has 0 aliphatic rings. The van der Waals surface area contributed by atoms with Crippen molar-refractivity contribution in [2.75, 3.05) is 5.32 Å². The summed E-state index contributed by atoms with van der Waals surface area (Å²) in [5.74, 6) is 0.801. The molecule has 0 radical (unpaired) electrons. The smallest absolute Gasteiger partial charge is 0.319 e. The number of rotatable bonds is 4. The molecule has 20 heavy (non-hydrogen) atoms. The fraction of sp³-hybridized carbons (Fsp3) is 0.357. The summed E-state index contributed by atoms with van der Waals surface area (Å²) in [7, 11) is 0. The molecule has 1 aromatic heterocycles. The van der Waals surface area contributed by atoms with Crippen molar-refractivity contribution in [3.63, 3.8) is 0 Å². The van der Waals surface area contributed by atoms with E-state index in [0.717, 1.165) is 5.56 Å². The zero-order valence-electron chi connectivity index (χ0n) is 11.8. The molecule has 2 rings (SSSR count). The average Bonchev–Trinajstić information content (AvgIpc) is 2.92. The van der Waals surface area contributed by atoms with Crippen LogP contribution in [0, 0.1) is 5.92 Å². The predicted molar refractivity (Wildman–Crippen MR) is 76.2 cm³/mol. The molecule has 2 N–H and O–H groups in total. The van der Waals surface area contributed by atoms with Gasteiger partial charge in [0, 0.05) is 17.3 Å². The van der Waals surface area contributed by atoms with Crippen LogP contribution in [0.1, 0.15) is 20.8 Å². The Balaban J connectivity index is 2.03. The van der Waals surface area contributed by atoms with Gasteiger partial charge in [0.15, 0.2) is 0 Å². The molecule has 2 amide bonds. The summed E-state index contributed by atoms with van der Waals surface area (Å²) in [6, 6.07) is 7.13. The zero-order valence-corrected chi connectivity index (χ0v) is 11.8. The monoisotopic (exact) mass is 274 g/mol. The lowest BCUT2D eigenvalue weighted by atomic mass is 10.1. The molecule has 0 aliphatic heterocycles. The lowest BCUT2D eigenvalue weighted by Gasteiger charge is -2.17. The molecule has 0 spiro atoms. The van der Waals surface area contributed by atoms with E-state index in [2.05, 4.69) is 34.7 Å². The number of aromatic nitrogens is 2. The van der Waals surface area contributed by atoms with Gasteiger partial charge in [-0.15, -0.1) is 10.2 Å². The van der Waals surface area contributed by atoms with Crippen molar-refractivity contribution in [1.82, 2.24) is 15.5 Å². The molecule has 0 saturated carbocycles. The van der Waals surface area contributed by atoms with Crippen molar-refractivity contribution < 1.29 is 9.21 Å². The van der Waals surface area contributed by atoms with Gasteiger partial charge in [-0.3, -0.25) is 0 Å². The molecular weight excluding hydrogens is 256 g/mol. The van der Waals surface area contributed by atoms with Crippen LogP contribution in [0.25, 0.3) is 11.5 Å². The van der Waals surface area contributed by atoms with Crippen LogP contribution in [-0.4, -0.2) is 22.3 Å². The first-order valence-corrected chi connectivity index (χ1v) is 6.50. The maximum atomic E-state index is 11.9. The molecule has 106 valence electrons. The standard InChI is InChI=1S/C14H18N4O2/c1-9(2)10(3)16-14(19)17-12-6-4-5-11(7-12)13-18-15-8-20-13/h4-10H,1-3H3,(H2,16,17,19). The minimum atomic E-state index is -0.228. The Morgan fingerprint density at radius 3 is 2.75 bits per heavy atom. The van der Waals surface area contributed by atoms with Gasteiger partial charge in [0.1, 0.15) is 0 Å². The maximum Gasteiger partial charge on any atom is 0.319 e. The second-order valence-electron chi connectivity index (χ2n) is 4.96. The third kappa shape index (κ3) is 3.57. The highest BCUT2D eigenvalue weighted by atomic mass is 16.4. The van der Waals surface area contributed by atoms with E-state index in [-0.39, 0.29) is 12.1 Å². The van der Waals surface area contributed by atoms with Gasteiger partial charge in [0.25, 0.3) is 0 Å². The molecule has 1 heterocycles. The molecule has 1 atom stereocenters. The van der Waals surface area contributed by atoms with Crippen LogP contribution in [0.4, 0.5) is 10.5 Å². The van der Waals surface area contributed by atoms with Crippen molar-refractivity contribution in [3.8, 4) is 11.5 Å². The highest BCUT2D eigenvalue weighted by Gasteiger charge is 2.11. The van der Waals surface area contributed by atoms with Gasteiger partial charge < -0.3 is 15.1 Å². The van der Waals surface area contributed by atoms with E-state index in [4.69, 9.17) is 4.42 Å². The number of nitrogens with zero attached hydrogens (tertiary/aromatic N) is 2. The normalized spacial score (nSPS) is 12.2. The first-order chi connectivity index (χ1) is 9.56. The molecule has 1 aromatic carbocycles. The second kappa shape index (κ2) is 6.18. The van der Waals surface area contributed by atoms with E-state index in [1.54, 1.807) is 12.1 Å².